The maximum absolute atomic E-state index is 10.7. The van der Waals surface area contributed by atoms with Gasteiger partial charge in [-0.3, -0.25) is 6.08 Å². The van der Waals surface area contributed by atoms with Crippen molar-refractivity contribution in [2.75, 3.05) is 0 Å². The second kappa shape index (κ2) is 3.32. The van der Waals surface area contributed by atoms with Crippen LogP contribution in [-0.2, 0) is 16.5 Å². The summed E-state index contributed by atoms with van der Waals surface area (Å²) in [6.45, 7) is 6.50. The minimum atomic E-state index is -10.7. The zero-order valence-corrected chi connectivity index (χ0v) is 7.07. The predicted octanol–water partition coefficient (Wildman–Crippen LogP) is 4.38. The van der Waals surface area contributed by atoms with Gasteiger partial charge in [0.05, 0.1) is 0 Å². The fourth-order valence-electron chi connectivity index (χ4n) is 0. The van der Waals surface area contributed by atoms with Gasteiger partial charge in [0.2, 0.25) is 0 Å². The largest absolute Gasteiger partial charge is 2.00 e. The summed E-state index contributed by atoms with van der Waals surface area (Å²) in [4.78, 5) is 0. The molecule has 0 bridgehead atoms. The molecule has 0 aliphatic carbocycles. The Labute approximate surface area is 69.8 Å². The van der Waals surface area contributed by atoms with E-state index < -0.39 is 7.81 Å². The molecule has 0 saturated heterocycles. The van der Waals surface area contributed by atoms with Crippen molar-refractivity contribution in [2.45, 2.75) is 6.92 Å². The van der Waals surface area contributed by atoms with Gasteiger partial charge in [-0.25, -0.2) is 0 Å². The summed E-state index contributed by atoms with van der Waals surface area (Å²) >= 11 is 0. The van der Waals surface area contributed by atoms with Crippen LogP contribution < -0.4 is 0 Å². The quantitative estimate of drug-likeness (QED) is 0.257. The molecule has 8 heteroatoms. The van der Waals surface area contributed by atoms with Crippen LogP contribution in [0.25, 0.3) is 0 Å². The van der Waals surface area contributed by atoms with Crippen LogP contribution in [0.2, 0.25) is 0 Å². The second-order valence-corrected chi connectivity index (χ2v) is 3.21. The minimum absolute atomic E-state index is 0. The summed E-state index contributed by atoms with van der Waals surface area (Å²) < 4.78 is 59.2. The Morgan fingerprint density at radius 1 is 1.00 bits per heavy atom. The van der Waals surface area contributed by atoms with Crippen LogP contribution in [-0.4, -0.2) is 0 Å². The smallest absolute Gasteiger partial charge is 0.518 e. The number of hydrogen-bond donors (Lipinski definition) is 0. The van der Waals surface area contributed by atoms with Gasteiger partial charge < -0.3 is 6.58 Å². The molecule has 0 saturated carbocycles. The van der Waals surface area contributed by atoms with E-state index in [1.54, 1.807) is 6.92 Å². The summed E-state index contributed by atoms with van der Waals surface area (Å²) in [6, 6.07) is 0. The molecule has 74 valence electrons. The van der Waals surface area contributed by atoms with Gasteiger partial charge in [-0.15, -0.1) is 0 Å². The van der Waals surface area contributed by atoms with Crippen LogP contribution >= 0.6 is 7.81 Å². The first-order valence-corrected chi connectivity index (χ1v) is 3.95. The van der Waals surface area contributed by atoms with E-state index in [0.717, 1.165) is 0 Å². The third-order valence-electron chi connectivity index (χ3n) is 0. The van der Waals surface area contributed by atoms with E-state index in [0.29, 0.717) is 0 Å². The van der Waals surface area contributed by atoms with Crippen molar-refractivity contribution in [2.24, 2.45) is 0 Å². The summed E-state index contributed by atoms with van der Waals surface area (Å²) in [5.74, 6) is 0. The van der Waals surface area contributed by atoms with E-state index in [9.17, 15) is 25.2 Å². The van der Waals surface area contributed by atoms with Crippen molar-refractivity contribution in [1.82, 2.24) is 0 Å². The molecule has 0 atom stereocenters. The molecule has 0 N–H and O–H groups in total. The molecule has 0 unspecified atom stereocenters. The Balaban J connectivity index is -0.000000140. The van der Waals surface area contributed by atoms with E-state index in [4.69, 9.17) is 6.58 Å². The van der Waals surface area contributed by atoms with Gasteiger partial charge in [0.15, 0.2) is 0 Å². The molecule has 0 spiro atoms. The Hall–Kier alpha value is 0.244. The van der Waals surface area contributed by atoms with E-state index in [-0.39, 0.29) is 16.5 Å². The molecule has 0 radical (unpaired) electrons. The average Bonchev–Trinajstić information content (AvgIpc) is 1.20. The van der Waals surface area contributed by atoms with Crippen molar-refractivity contribution in [1.29, 1.82) is 0 Å². The van der Waals surface area contributed by atoms with Gasteiger partial charge >= 0.3 is 49.5 Å². The topological polar surface area (TPSA) is 0 Å². The number of hydrogen-bond acceptors (Lipinski definition) is 0. The number of rotatable bonds is 0. The number of allylic oxidation sites excluding steroid dienone is 1. The van der Waals surface area contributed by atoms with Gasteiger partial charge in [-0.05, 0) is 0 Å². The fraction of sp³-hybridized carbons (Fsp3) is 0.333. The molecule has 0 aliphatic rings. The Kier molecular flexibility index (Phi) is 5.24. The maximum atomic E-state index is 9.87. The minimum Gasteiger partial charge on any atom is -0.518 e. The van der Waals surface area contributed by atoms with Crippen LogP contribution in [0.15, 0.2) is 6.08 Å². The Bertz CT molecular complexity index is 107. The van der Waals surface area contributed by atoms with Gasteiger partial charge in [0, 0.05) is 0 Å². The van der Waals surface area contributed by atoms with Crippen LogP contribution in [0, 0.1) is 6.58 Å². The van der Waals surface area contributed by atoms with E-state index >= 15 is 0 Å². The first-order chi connectivity index (χ1) is 3.86. The molecule has 0 fully saturated rings. The average molecular weight is 245 g/mol. The van der Waals surface area contributed by atoms with Gasteiger partial charge in [-0.1, -0.05) is 6.92 Å². The molecular formula is C3H5F6NiP. The van der Waals surface area contributed by atoms with E-state index in [2.05, 4.69) is 0 Å². The zero-order chi connectivity index (χ0) is 9.12. The maximum Gasteiger partial charge on any atom is 2.00 e. The Morgan fingerprint density at radius 2 is 1.00 bits per heavy atom. The zero-order valence-electron chi connectivity index (χ0n) is 5.19. The van der Waals surface area contributed by atoms with Gasteiger partial charge in [0.1, 0.15) is 0 Å². The van der Waals surface area contributed by atoms with Gasteiger partial charge in [-0.2, -0.15) is 0 Å². The van der Waals surface area contributed by atoms with E-state index in [1.165, 1.54) is 6.08 Å². The third-order valence-corrected chi connectivity index (χ3v) is 0. The standard InChI is InChI=1S/C3H5.F6P.Ni/c1-3-2;1-7(2,3,4,5)6;/h1,3H,2H3;;/q2*-1;+2. The van der Waals surface area contributed by atoms with Crippen LogP contribution in [0.1, 0.15) is 6.92 Å². The van der Waals surface area contributed by atoms with Crippen molar-refractivity contribution in [3.8, 4) is 0 Å². The third kappa shape index (κ3) is 11700. The molecule has 0 heterocycles. The molecule has 11 heavy (non-hydrogen) atoms. The molecule has 0 aromatic carbocycles. The predicted molar refractivity (Wildman–Crippen MR) is 28.1 cm³/mol. The molecule has 0 amide bonds. The Morgan fingerprint density at radius 3 is 1.00 bits per heavy atom. The summed E-state index contributed by atoms with van der Waals surface area (Å²) in [5.41, 5.74) is 0. The molecular weight excluding hydrogens is 240 g/mol. The summed E-state index contributed by atoms with van der Waals surface area (Å²) in [6.07, 6.45) is 1.50. The van der Waals surface area contributed by atoms with Crippen molar-refractivity contribution < 1.29 is 41.7 Å². The first-order valence-electron chi connectivity index (χ1n) is 1.92. The first kappa shape index (κ1) is 17.4. The summed E-state index contributed by atoms with van der Waals surface area (Å²) in [5, 5.41) is 0. The summed E-state index contributed by atoms with van der Waals surface area (Å²) in [7, 11) is -10.7. The fourth-order valence-corrected chi connectivity index (χ4v) is 0. The van der Waals surface area contributed by atoms with Crippen molar-refractivity contribution in [3.05, 3.63) is 12.7 Å². The van der Waals surface area contributed by atoms with Crippen LogP contribution in [0.3, 0.4) is 0 Å². The second-order valence-electron chi connectivity index (χ2n) is 1.29. The van der Waals surface area contributed by atoms with Crippen LogP contribution in [0.5, 0.6) is 0 Å². The van der Waals surface area contributed by atoms with E-state index in [1.807, 2.05) is 0 Å². The van der Waals surface area contributed by atoms with Gasteiger partial charge in [0.25, 0.3) is 0 Å². The van der Waals surface area contributed by atoms with Crippen molar-refractivity contribution >= 4 is 7.81 Å². The molecule has 0 nitrogen and oxygen atoms in total. The normalized spacial score (nSPS) is 15.9. The number of halogens is 6. The van der Waals surface area contributed by atoms with Crippen LogP contribution in [0.4, 0.5) is 25.2 Å². The molecule has 0 rings (SSSR count). The van der Waals surface area contributed by atoms with Crippen molar-refractivity contribution in [3.63, 3.8) is 0 Å². The molecule has 0 aromatic heterocycles. The SMILES string of the molecule is F[P-](F)(F)(F)(F)F.[CH-]=CC.[Ni+2]. The molecule has 0 aliphatic heterocycles. The monoisotopic (exact) mass is 244 g/mol. The molecule has 0 aromatic rings.